The topological polar surface area (TPSA) is 318 Å². The van der Waals surface area contributed by atoms with E-state index < -0.39 is 73.1 Å². The van der Waals surface area contributed by atoms with E-state index in [2.05, 4.69) is 58.0 Å². The van der Waals surface area contributed by atoms with Crippen LogP contribution in [0.3, 0.4) is 0 Å². The smallest absolute Gasteiger partial charge is 0.336 e. The molecule has 0 aliphatic rings. The predicted molar refractivity (Wildman–Crippen MR) is 280 cm³/mol. The maximum Gasteiger partial charge on any atom is 0.336 e. The zero-order valence-electron chi connectivity index (χ0n) is 44.8. The molecule has 28 heteroatoms. The molecule has 0 aliphatic carbocycles. The van der Waals surface area contributed by atoms with Gasteiger partial charge in [0.2, 0.25) is 25.9 Å². The molecule has 0 saturated carbocycles. The van der Waals surface area contributed by atoms with E-state index in [1.807, 2.05) is 33.8 Å². The van der Waals surface area contributed by atoms with E-state index in [-0.39, 0.29) is 21.9 Å². The zero-order chi connectivity index (χ0) is 58.0. The lowest BCUT2D eigenvalue weighted by atomic mass is 10.1. The lowest BCUT2D eigenvalue weighted by Gasteiger charge is -2.03. The third-order valence-electron chi connectivity index (χ3n) is 8.06. The van der Waals surface area contributed by atoms with Gasteiger partial charge in [0.15, 0.2) is 21.7 Å². The molecule has 0 unspecified atom stereocenters. The molecule has 0 atom stereocenters. The number of alkyl halides is 3. The fourth-order valence-corrected chi connectivity index (χ4v) is 3.38. The second kappa shape index (κ2) is 39.4. The van der Waals surface area contributed by atoms with Crippen molar-refractivity contribution in [2.24, 2.45) is 11.1 Å². The van der Waals surface area contributed by atoms with Gasteiger partial charge in [-0.2, -0.15) is 8.78 Å². The molecule has 0 spiro atoms. The maximum absolute atomic E-state index is 11.5. The molecule has 4 N–H and O–H groups in total. The summed E-state index contributed by atoms with van der Waals surface area (Å²) in [4.78, 5) is 26.5. The fraction of sp³-hybridized carbons (Fsp3) is 0.721. The van der Waals surface area contributed by atoms with Crippen LogP contribution in [0.25, 0.3) is 4.85 Å². The summed E-state index contributed by atoms with van der Waals surface area (Å²) in [5.74, 6) is 0.387. The Bertz CT molecular complexity index is 2290. The summed E-state index contributed by atoms with van der Waals surface area (Å²) in [5.41, 5.74) is 8.25. The quantitative estimate of drug-likeness (QED) is 0.102. The molecule has 3 rings (SSSR count). The van der Waals surface area contributed by atoms with Crippen molar-refractivity contribution >= 4 is 68.3 Å². The monoisotopic (exact) mass is 1120 g/mol. The van der Waals surface area contributed by atoms with Crippen LogP contribution in [0.2, 0.25) is 0 Å². The number of nitrogen functional groups attached to an aromatic ring is 1. The first-order valence-electron chi connectivity index (χ1n) is 21.7. The van der Waals surface area contributed by atoms with Crippen LogP contribution in [0.1, 0.15) is 166 Å². The Balaban J connectivity index is -0.000000169. The van der Waals surface area contributed by atoms with Gasteiger partial charge in [-0.25, -0.2) is 43.2 Å². The van der Waals surface area contributed by atoms with E-state index in [0.29, 0.717) is 29.4 Å². The number of anilines is 1. The Morgan fingerprint density at radius 3 is 1.34 bits per heavy atom. The number of nitro groups is 1. The number of nitrogens with zero attached hydrogens (tertiary/aromatic N) is 6. The van der Waals surface area contributed by atoms with Gasteiger partial charge in [-0.05, 0) is 79.9 Å². The van der Waals surface area contributed by atoms with Gasteiger partial charge < -0.3 is 15.1 Å². The first-order chi connectivity index (χ1) is 31.8. The second-order valence-electron chi connectivity index (χ2n) is 17.3. The number of sulfone groups is 3. The van der Waals surface area contributed by atoms with Gasteiger partial charge in [0.05, 0.1) is 21.0 Å². The minimum Gasteiger partial charge on any atom is -0.381 e. The molecule has 3 heterocycles. The standard InChI is InChI=1S/C9H10N2.C6H10N2O.C5H8N2S.C5H10O.C4H8F2O2S.C4H9FO2S.C4H10O2S.C3H9NO2S.C3H7NO2/c1-7(2)8-4-5-9(10-3)11-6-8;1-4(2)5-3-6(7)8-9-5;1-4(2)5-7-6-3-8-5;1-4(2)5(3)6;1-3(2)9(7,8)4(5)6;1-4(2)8(6,7)3-5;1-4(2)7(3,5)6;1-3(2)7(4,5)6;1-3(2)4(5)6/h4-7H,1-2H3;3-4H,1-2H3,(H2,7,8);3-4H,1-2H3;4H,1-3H3;3-4H,1-2H3;4H,3H2,1-2H3;4H,1-3H3;3H,1-2H3,(H2,4,5,6);3H,1-2H3. The number of aromatic nitrogens is 4. The van der Waals surface area contributed by atoms with Crippen LogP contribution < -0.4 is 10.9 Å². The molecule has 0 radical (unpaired) electrons. The average Bonchev–Trinajstić information content (AvgIpc) is 3.95. The maximum atomic E-state index is 11.5. The van der Waals surface area contributed by atoms with Gasteiger partial charge in [-0.1, -0.05) is 73.2 Å². The highest BCUT2D eigenvalue weighted by Crippen LogP contribution is 2.17. The molecule has 0 aliphatic heterocycles. The SMILES string of the molecule is CC(=O)C(C)C.CC(C)S(=O)(=O)C(F)F.CC(C)S(=O)(=O)CF.CC(C)S(C)(=O)=O.CC(C)S(N)(=O)=O.CC(C)[N+](=O)[O-].CC(C)c1cc(N)no1.CC(C)c1nncs1.[C-]#[N+]c1ccc(C(C)C)cn1. The number of hydrogen-bond donors (Lipinski definition) is 2. The van der Waals surface area contributed by atoms with Crippen molar-refractivity contribution in [2.45, 2.75) is 182 Å². The normalized spacial score (nSPS) is 11.1. The first-order valence-corrected chi connectivity index (χ1v) is 29.5. The first kappa shape index (κ1) is 78.3. The van der Waals surface area contributed by atoms with Crippen LogP contribution in [0.15, 0.2) is 34.4 Å². The predicted octanol–water partition coefficient (Wildman–Crippen LogP) is 9.59. The van der Waals surface area contributed by atoms with Crippen LogP contribution in [-0.4, -0.2) is 110 Å². The molecule has 0 fully saturated rings. The highest BCUT2D eigenvalue weighted by molar-refractivity contribution is 7.92. The Kier molecular flexibility index (Phi) is 43.4. The minimum atomic E-state index is -4.15. The summed E-state index contributed by atoms with van der Waals surface area (Å²) in [6, 6.07) is 3.77. The van der Waals surface area contributed by atoms with Crippen LogP contribution in [-0.2, 0) is 44.3 Å². The van der Waals surface area contributed by atoms with E-state index in [1.165, 1.54) is 53.4 Å². The average molecular weight is 1120 g/mol. The molecule has 416 valence electrons. The van der Waals surface area contributed by atoms with E-state index >= 15 is 0 Å². The summed E-state index contributed by atoms with van der Waals surface area (Å²) < 4.78 is 121. The van der Waals surface area contributed by atoms with E-state index in [4.69, 9.17) is 16.8 Å². The van der Waals surface area contributed by atoms with Gasteiger partial charge in [0.25, 0.3) is 5.82 Å². The number of carbonyl (C=O) groups excluding carboxylic acids is 1. The number of rotatable bonds is 11. The highest BCUT2D eigenvalue weighted by Gasteiger charge is 2.27. The second-order valence-corrected chi connectivity index (χ2v) is 27.9. The molecule has 0 bridgehead atoms. The van der Waals surface area contributed by atoms with Crippen molar-refractivity contribution in [3.05, 3.63) is 67.8 Å². The summed E-state index contributed by atoms with van der Waals surface area (Å²) >= 11 is 1.61. The Labute approximate surface area is 426 Å². The summed E-state index contributed by atoms with van der Waals surface area (Å²) in [5, 5.41) is 24.1. The fourth-order valence-electron chi connectivity index (χ4n) is 2.15. The molecule has 71 heavy (non-hydrogen) atoms. The highest BCUT2D eigenvalue weighted by atomic mass is 32.2. The van der Waals surface area contributed by atoms with Crippen LogP contribution in [0.5, 0.6) is 0 Å². The van der Waals surface area contributed by atoms with Crippen LogP contribution >= 0.6 is 11.3 Å². The summed E-state index contributed by atoms with van der Waals surface area (Å²) in [7, 11) is -13.5. The number of pyridine rings is 1. The number of ketones is 1. The van der Waals surface area contributed by atoms with Crippen LogP contribution in [0.4, 0.5) is 24.8 Å². The molecule has 3 aromatic rings. The van der Waals surface area contributed by atoms with Gasteiger partial charge in [-0.3, -0.25) is 14.9 Å². The summed E-state index contributed by atoms with van der Waals surface area (Å²) in [6.07, 6.45) is 3.00. The molecule has 20 nitrogen and oxygen atoms in total. The molecular formula is C43H81F3N8O12S5. The van der Waals surface area contributed by atoms with Gasteiger partial charge in [0, 0.05) is 48.8 Å². The number of carbonyl (C=O) groups is 1. The summed E-state index contributed by atoms with van der Waals surface area (Å²) in [6.45, 7) is 39.4. The van der Waals surface area contributed by atoms with Crippen molar-refractivity contribution in [1.82, 2.24) is 20.3 Å². The Morgan fingerprint density at radius 1 is 0.803 bits per heavy atom. The van der Waals surface area contributed by atoms with Crippen molar-refractivity contribution < 1.29 is 61.1 Å². The molecular weight excluding hydrogens is 1040 g/mol. The van der Waals surface area contributed by atoms with Crippen LogP contribution in [0, 0.1) is 22.6 Å². The molecule has 0 amide bonds. The lowest BCUT2D eigenvalue weighted by molar-refractivity contribution is -0.513. The lowest BCUT2D eigenvalue weighted by Crippen LogP contribution is -2.22. The van der Waals surface area contributed by atoms with E-state index in [1.54, 1.807) is 69.8 Å². The molecule has 0 aromatic carbocycles. The number of primary sulfonamides is 1. The van der Waals surface area contributed by atoms with Crippen molar-refractivity contribution in [2.75, 3.05) is 18.0 Å². The number of Topliss-reactive ketones (excluding diaryl/α,β-unsaturated/α-hetero) is 1. The van der Waals surface area contributed by atoms with Crippen molar-refractivity contribution in [1.29, 1.82) is 0 Å². The van der Waals surface area contributed by atoms with Crippen molar-refractivity contribution in [3.8, 4) is 0 Å². The number of nitrogens with two attached hydrogens (primary N) is 2. The van der Waals surface area contributed by atoms with Crippen molar-refractivity contribution in [3.63, 3.8) is 0 Å². The van der Waals surface area contributed by atoms with E-state index in [9.17, 15) is 61.8 Å². The number of halogens is 3. The van der Waals surface area contributed by atoms with Gasteiger partial charge >= 0.3 is 5.76 Å². The third-order valence-corrected chi connectivity index (χ3v) is 15.6. The largest absolute Gasteiger partial charge is 0.381 e. The zero-order valence-corrected chi connectivity index (χ0v) is 48.9. The Hall–Kier alpha value is -4.17. The molecule has 0 saturated heterocycles. The van der Waals surface area contributed by atoms with Gasteiger partial charge in [0.1, 0.15) is 38.1 Å². The van der Waals surface area contributed by atoms with Gasteiger partial charge in [-0.15, -0.1) is 26.5 Å². The molecule has 3 aromatic heterocycles. The minimum absolute atomic E-state index is 0.213. The van der Waals surface area contributed by atoms with E-state index in [0.717, 1.165) is 10.8 Å². The number of hydrogen-bond acceptors (Lipinski definition) is 18. The third kappa shape index (κ3) is 45.4. The Morgan fingerprint density at radius 2 is 1.23 bits per heavy atom. The number of sulfonamides is 1.